The maximum atomic E-state index is 12.9. The first-order valence-corrected chi connectivity index (χ1v) is 4.70. The zero-order valence-electron chi connectivity index (χ0n) is 9.17. The lowest BCUT2D eigenvalue weighted by atomic mass is 10.1. The molecule has 1 N–H and O–H groups in total. The second-order valence-electron chi connectivity index (χ2n) is 3.70. The summed E-state index contributed by atoms with van der Waals surface area (Å²) < 4.78 is 12.9. The molecule has 82 valence electrons. The number of aryl methyl sites for hydroxylation is 1. The Morgan fingerprint density at radius 1 is 1.47 bits per heavy atom. The highest BCUT2D eigenvalue weighted by molar-refractivity contribution is 5.95. The van der Waals surface area contributed by atoms with Crippen molar-refractivity contribution in [1.29, 1.82) is 0 Å². The van der Waals surface area contributed by atoms with E-state index in [-0.39, 0.29) is 5.91 Å². The summed E-state index contributed by atoms with van der Waals surface area (Å²) in [4.78, 5) is 13.4. The second kappa shape index (κ2) is 4.89. The third kappa shape index (κ3) is 3.32. The van der Waals surface area contributed by atoms with Crippen LogP contribution >= 0.6 is 0 Å². The minimum absolute atomic E-state index is 0.249. The number of hydrogen-bond donors (Lipinski definition) is 1. The summed E-state index contributed by atoms with van der Waals surface area (Å²) in [6.07, 6.45) is 0. The summed E-state index contributed by atoms with van der Waals surface area (Å²) in [5.41, 5.74) is 1.16. The van der Waals surface area contributed by atoms with E-state index in [9.17, 15) is 9.18 Å². The molecule has 1 amide bonds. The summed E-state index contributed by atoms with van der Waals surface area (Å²) in [5, 5.41) is 2.69. The van der Waals surface area contributed by atoms with Crippen LogP contribution in [0.25, 0.3) is 0 Å². The zero-order valence-corrected chi connectivity index (χ0v) is 9.17. The van der Waals surface area contributed by atoms with Gasteiger partial charge in [0.2, 0.25) is 0 Å². The highest BCUT2D eigenvalue weighted by Gasteiger charge is 2.09. The average Bonchev–Trinajstić information content (AvgIpc) is 2.18. The molecule has 0 spiro atoms. The quantitative estimate of drug-likeness (QED) is 0.764. The van der Waals surface area contributed by atoms with Gasteiger partial charge >= 0.3 is 0 Å². The third-order valence-electron chi connectivity index (χ3n) is 2.00. The maximum Gasteiger partial charge on any atom is 0.252 e. The topological polar surface area (TPSA) is 32.3 Å². The first kappa shape index (κ1) is 11.7. The number of halogens is 1. The van der Waals surface area contributed by atoms with Crippen LogP contribution in [-0.2, 0) is 0 Å². The normalized spacial score (nSPS) is 10.5. The molecule has 0 aliphatic carbocycles. The molecule has 0 saturated carbocycles. The van der Waals surface area contributed by atoms with Crippen molar-refractivity contribution in [3.8, 4) is 0 Å². The first-order chi connectivity index (χ1) is 7.00. The Balaban J connectivity index is 2.77. The Labute approximate surface area is 88.9 Å². The summed E-state index contributed by atoms with van der Waals surface area (Å²) in [7, 11) is 3.69. The summed E-state index contributed by atoms with van der Waals surface area (Å²) >= 11 is 0. The molecule has 0 radical (unpaired) electrons. The molecule has 1 aromatic rings. The fourth-order valence-electron chi connectivity index (χ4n) is 1.16. The van der Waals surface area contributed by atoms with E-state index in [4.69, 9.17) is 0 Å². The Hall–Kier alpha value is -1.42. The van der Waals surface area contributed by atoms with Gasteiger partial charge in [0.15, 0.2) is 0 Å². The molecule has 0 unspecified atom stereocenters. The minimum Gasteiger partial charge on any atom is -0.339 e. The van der Waals surface area contributed by atoms with Crippen molar-refractivity contribution in [2.75, 3.05) is 20.8 Å². The summed E-state index contributed by atoms with van der Waals surface area (Å²) in [6, 6.07) is 4.19. The number of carbonyl (C=O) groups is 1. The van der Waals surface area contributed by atoms with Gasteiger partial charge in [-0.2, -0.15) is 0 Å². The van der Waals surface area contributed by atoms with Crippen LogP contribution in [0, 0.1) is 12.7 Å². The fourth-order valence-corrected chi connectivity index (χ4v) is 1.16. The van der Waals surface area contributed by atoms with Crippen LogP contribution in [0.5, 0.6) is 0 Å². The highest BCUT2D eigenvalue weighted by atomic mass is 19.1. The van der Waals surface area contributed by atoms with E-state index >= 15 is 0 Å². The minimum atomic E-state index is -0.393. The fraction of sp³-hybridized carbons (Fsp3) is 0.364. The molecule has 0 aromatic heterocycles. The lowest BCUT2D eigenvalue weighted by Crippen LogP contribution is -2.33. The number of rotatable bonds is 3. The molecular formula is C11H15FN2O. The van der Waals surface area contributed by atoms with Gasteiger partial charge in [-0.05, 0) is 38.7 Å². The Bertz CT molecular complexity index is 364. The van der Waals surface area contributed by atoms with Crippen LogP contribution in [0.4, 0.5) is 4.39 Å². The van der Waals surface area contributed by atoms with Gasteiger partial charge in [-0.3, -0.25) is 9.69 Å². The molecule has 15 heavy (non-hydrogen) atoms. The second-order valence-corrected chi connectivity index (χ2v) is 3.70. The van der Waals surface area contributed by atoms with Crippen LogP contribution in [0.3, 0.4) is 0 Å². The van der Waals surface area contributed by atoms with Crippen molar-refractivity contribution in [3.63, 3.8) is 0 Å². The molecule has 0 heterocycles. The van der Waals surface area contributed by atoms with Crippen molar-refractivity contribution in [3.05, 3.63) is 35.1 Å². The van der Waals surface area contributed by atoms with Gasteiger partial charge in [0, 0.05) is 5.56 Å². The Morgan fingerprint density at radius 3 is 2.73 bits per heavy atom. The van der Waals surface area contributed by atoms with Gasteiger partial charge in [0.05, 0.1) is 6.67 Å². The van der Waals surface area contributed by atoms with Gasteiger partial charge in [0.25, 0.3) is 5.91 Å². The molecule has 0 fully saturated rings. The molecule has 3 nitrogen and oxygen atoms in total. The van der Waals surface area contributed by atoms with Crippen molar-refractivity contribution in [1.82, 2.24) is 10.2 Å². The van der Waals surface area contributed by atoms with Gasteiger partial charge in [0.1, 0.15) is 5.82 Å². The molecule has 0 aliphatic rings. The summed E-state index contributed by atoms with van der Waals surface area (Å²) in [5.74, 6) is -0.642. The number of benzene rings is 1. The van der Waals surface area contributed by atoms with Crippen LogP contribution < -0.4 is 5.32 Å². The van der Waals surface area contributed by atoms with E-state index in [1.54, 1.807) is 13.0 Å². The van der Waals surface area contributed by atoms with Crippen molar-refractivity contribution in [2.24, 2.45) is 0 Å². The van der Waals surface area contributed by atoms with E-state index in [0.717, 1.165) is 5.56 Å². The number of carbonyl (C=O) groups excluding carboxylic acids is 1. The molecule has 0 saturated heterocycles. The molecule has 0 bridgehead atoms. The lowest BCUT2D eigenvalue weighted by Gasteiger charge is -2.12. The molecule has 4 heteroatoms. The highest BCUT2D eigenvalue weighted by Crippen LogP contribution is 2.09. The van der Waals surface area contributed by atoms with E-state index in [0.29, 0.717) is 12.2 Å². The molecule has 0 aliphatic heterocycles. The van der Waals surface area contributed by atoms with Crippen molar-refractivity contribution in [2.45, 2.75) is 6.92 Å². The van der Waals surface area contributed by atoms with Crippen LogP contribution in [0.1, 0.15) is 15.9 Å². The summed E-state index contributed by atoms with van der Waals surface area (Å²) in [6.45, 7) is 2.22. The van der Waals surface area contributed by atoms with Gasteiger partial charge in [-0.1, -0.05) is 6.07 Å². The van der Waals surface area contributed by atoms with E-state index in [1.165, 1.54) is 12.1 Å². The lowest BCUT2D eigenvalue weighted by molar-refractivity contribution is 0.0934. The SMILES string of the molecule is Cc1ccc(F)cc1C(=O)NCN(C)C. The van der Waals surface area contributed by atoms with Crippen molar-refractivity contribution >= 4 is 5.91 Å². The number of nitrogens with zero attached hydrogens (tertiary/aromatic N) is 1. The van der Waals surface area contributed by atoms with Crippen LogP contribution in [0.2, 0.25) is 0 Å². The van der Waals surface area contributed by atoms with Gasteiger partial charge in [-0.25, -0.2) is 4.39 Å². The smallest absolute Gasteiger partial charge is 0.252 e. The average molecular weight is 210 g/mol. The Morgan fingerprint density at radius 2 is 2.13 bits per heavy atom. The first-order valence-electron chi connectivity index (χ1n) is 4.70. The van der Waals surface area contributed by atoms with Crippen LogP contribution in [-0.4, -0.2) is 31.6 Å². The molecular weight excluding hydrogens is 195 g/mol. The number of nitrogens with one attached hydrogen (secondary N) is 1. The molecule has 0 atom stereocenters. The van der Waals surface area contributed by atoms with E-state index in [2.05, 4.69) is 5.32 Å². The zero-order chi connectivity index (χ0) is 11.4. The predicted molar refractivity (Wildman–Crippen MR) is 57.2 cm³/mol. The number of hydrogen-bond acceptors (Lipinski definition) is 2. The van der Waals surface area contributed by atoms with Gasteiger partial charge < -0.3 is 5.32 Å². The van der Waals surface area contributed by atoms with E-state index in [1.807, 2.05) is 19.0 Å². The van der Waals surface area contributed by atoms with Crippen molar-refractivity contribution < 1.29 is 9.18 Å². The monoisotopic (exact) mass is 210 g/mol. The largest absolute Gasteiger partial charge is 0.339 e. The van der Waals surface area contributed by atoms with Crippen LogP contribution in [0.15, 0.2) is 18.2 Å². The third-order valence-corrected chi connectivity index (χ3v) is 2.00. The predicted octanol–water partition coefficient (Wildman–Crippen LogP) is 1.38. The maximum absolute atomic E-state index is 12.9. The molecule has 1 aromatic carbocycles. The standard InChI is InChI=1S/C11H15FN2O/c1-8-4-5-9(12)6-10(8)11(15)13-7-14(2)3/h4-6H,7H2,1-3H3,(H,13,15). The number of amides is 1. The Kier molecular flexibility index (Phi) is 3.80. The molecule has 1 rings (SSSR count). The van der Waals surface area contributed by atoms with E-state index < -0.39 is 5.82 Å². The van der Waals surface area contributed by atoms with Gasteiger partial charge in [-0.15, -0.1) is 0 Å².